The van der Waals surface area contributed by atoms with Crippen LogP contribution in [0.15, 0.2) is 36.0 Å². The normalized spacial score (nSPS) is 30.4. The second-order valence-corrected chi connectivity index (χ2v) is 8.83. The molecule has 0 aromatic carbocycles. The molecule has 2 aliphatic rings. The van der Waals surface area contributed by atoms with Crippen LogP contribution in [0.3, 0.4) is 0 Å². The van der Waals surface area contributed by atoms with Crippen molar-refractivity contribution in [1.29, 1.82) is 0 Å². The van der Waals surface area contributed by atoms with Gasteiger partial charge in [0.25, 0.3) is 0 Å². The second-order valence-electron chi connectivity index (χ2n) is 8.83. The Labute approximate surface area is 164 Å². The number of rotatable bonds is 6. The molecule has 1 aliphatic carbocycles. The van der Waals surface area contributed by atoms with Crippen molar-refractivity contribution in [3.8, 4) is 11.8 Å². The van der Waals surface area contributed by atoms with Gasteiger partial charge >= 0.3 is 6.16 Å². The van der Waals surface area contributed by atoms with Crippen LogP contribution in [0.5, 0.6) is 0 Å². The lowest BCUT2D eigenvalue weighted by molar-refractivity contribution is -0.0369. The molecule has 2 rings (SSSR count). The van der Waals surface area contributed by atoms with E-state index in [0.29, 0.717) is 6.42 Å². The van der Waals surface area contributed by atoms with Crippen LogP contribution in [0.25, 0.3) is 0 Å². The zero-order valence-corrected chi connectivity index (χ0v) is 17.8. The fourth-order valence-electron chi connectivity index (χ4n) is 4.47. The van der Waals surface area contributed by atoms with Gasteiger partial charge in [-0.25, -0.2) is 4.79 Å². The minimum atomic E-state index is -0.851. The quantitative estimate of drug-likeness (QED) is 0.310. The van der Waals surface area contributed by atoms with Crippen LogP contribution in [-0.4, -0.2) is 17.9 Å². The van der Waals surface area contributed by atoms with Crippen LogP contribution in [0.2, 0.25) is 0 Å². The van der Waals surface area contributed by atoms with Crippen LogP contribution < -0.4 is 0 Å². The average Bonchev–Trinajstić information content (AvgIpc) is 2.91. The first kappa shape index (κ1) is 21.4. The summed E-state index contributed by atoms with van der Waals surface area (Å²) in [5.74, 6) is 6.32. The van der Waals surface area contributed by atoms with Crippen molar-refractivity contribution in [2.45, 2.75) is 85.4 Å². The van der Waals surface area contributed by atoms with E-state index in [-0.39, 0.29) is 5.41 Å². The molecular formula is C24H34O3. The van der Waals surface area contributed by atoms with Gasteiger partial charge < -0.3 is 9.47 Å². The number of allylic oxidation sites excluding steroid dienone is 3. The third-order valence-corrected chi connectivity index (χ3v) is 6.08. The molecule has 0 unspecified atom stereocenters. The Morgan fingerprint density at radius 1 is 1.41 bits per heavy atom. The Bertz CT molecular complexity index is 712. The van der Waals surface area contributed by atoms with Crippen molar-refractivity contribution >= 4 is 6.16 Å². The average molecular weight is 371 g/mol. The Kier molecular flexibility index (Phi) is 6.30. The second kappa shape index (κ2) is 7.97. The van der Waals surface area contributed by atoms with Crippen LogP contribution >= 0.6 is 0 Å². The van der Waals surface area contributed by atoms with E-state index in [1.54, 1.807) is 0 Å². The van der Waals surface area contributed by atoms with Gasteiger partial charge in [0.1, 0.15) is 0 Å². The highest BCUT2D eigenvalue weighted by Gasteiger charge is 2.62. The maximum atomic E-state index is 12.4. The van der Waals surface area contributed by atoms with E-state index in [2.05, 4.69) is 51.3 Å². The van der Waals surface area contributed by atoms with Gasteiger partial charge in [-0.05, 0) is 71.3 Å². The zero-order chi connectivity index (χ0) is 20.3. The summed E-state index contributed by atoms with van der Waals surface area (Å²) in [6.07, 6.45) is 9.92. The molecule has 0 aromatic rings. The van der Waals surface area contributed by atoms with E-state index in [1.807, 2.05) is 26.8 Å². The Morgan fingerprint density at radius 2 is 2.11 bits per heavy atom. The minimum absolute atomic E-state index is 0.0788. The van der Waals surface area contributed by atoms with Crippen molar-refractivity contribution in [2.75, 3.05) is 0 Å². The van der Waals surface area contributed by atoms with Crippen molar-refractivity contribution in [3.05, 3.63) is 36.0 Å². The Hall–Kier alpha value is -1.95. The lowest BCUT2D eigenvalue weighted by Gasteiger charge is -2.46. The topological polar surface area (TPSA) is 35.5 Å². The molecule has 27 heavy (non-hydrogen) atoms. The maximum Gasteiger partial charge on any atom is 0.509 e. The van der Waals surface area contributed by atoms with Gasteiger partial charge in [-0.15, -0.1) is 12.5 Å². The number of hydrogen-bond donors (Lipinski definition) is 0. The molecule has 148 valence electrons. The van der Waals surface area contributed by atoms with E-state index < -0.39 is 23.3 Å². The Balaban J connectivity index is 2.64. The smallest absolute Gasteiger partial charge is 0.422 e. The van der Waals surface area contributed by atoms with Crippen LogP contribution in [0, 0.1) is 22.7 Å². The molecule has 3 heteroatoms. The summed E-state index contributed by atoms with van der Waals surface area (Å²) in [4.78, 5) is 12.4. The molecular weight excluding hydrogens is 336 g/mol. The first-order valence-corrected chi connectivity index (χ1v) is 9.90. The molecule has 0 spiro atoms. The fourth-order valence-corrected chi connectivity index (χ4v) is 4.47. The summed E-state index contributed by atoms with van der Waals surface area (Å²) in [5, 5.41) is 0. The molecule has 1 fully saturated rings. The summed E-state index contributed by atoms with van der Waals surface area (Å²) < 4.78 is 11.8. The van der Waals surface area contributed by atoms with E-state index in [1.165, 1.54) is 5.57 Å². The van der Waals surface area contributed by atoms with Gasteiger partial charge in [-0.1, -0.05) is 36.6 Å². The van der Waals surface area contributed by atoms with Gasteiger partial charge in [0.15, 0.2) is 11.7 Å². The largest absolute Gasteiger partial charge is 0.509 e. The SMILES string of the molecule is C=CC[C@]1(C)CCCC=C1[C@@H]1OC(=O)O[C@@]1(CC=C(C)C)C(C)(C)C#CC. The van der Waals surface area contributed by atoms with Gasteiger partial charge in [-0.3, -0.25) is 0 Å². The van der Waals surface area contributed by atoms with Crippen molar-refractivity contribution in [1.82, 2.24) is 0 Å². The monoisotopic (exact) mass is 370 g/mol. The molecule has 0 N–H and O–H groups in total. The van der Waals surface area contributed by atoms with Gasteiger partial charge in [-0.2, -0.15) is 0 Å². The molecule has 0 aromatic heterocycles. The van der Waals surface area contributed by atoms with Gasteiger partial charge in [0.05, 0.1) is 5.41 Å². The first-order valence-electron chi connectivity index (χ1n) is 9.90. The van der Waals surface area contributed by atoms with Crippen molar-refractivity contribution in [3.63, 3.8) is 0 Å². The summed E-state index contributed by atoms with van der Waals surface area (Å²) in [6.45, 7) is 16.2. The first-order chi connectivity index (χ1) is 12.6. The maximum absolute atomic E-state index is 12.4. The molecule has 1 aliphatic heterocycles. The summed E-state index contributed by atoms with van der Waals surface area (Å²) in [5.41, 5.74) is 0.855. The molecule has 1 heterocycles. The summed E-state index contributed by atoms with van der Waals surface area (Å²) in [6, 6.07) is 0. The highest BCUT2D eigenvalue weighted by Crippen LogP contribution is 2.53. The molecule has 3 nitrogen and oxygen atoms in total. The third-order valence-electron chi connectivity index (χ3n) is 6.08. The number of carbonyl (C=O) groups is 1. The predicted octanol–water partition coefficient (Wildman–Crippen LogP) is 6.36. The number of hydrogen-bond acceptors (Lipinski definition) is 3. The standard InChI is InChI=1S/C24H34O3/c1-8-14-22(5,6)24(17-13-18(3)4)20(26-21(25)27-24)19-12-10-11-16-23(19,7)15-9-2/h9,12-13,20H,2,10-11,15-17H2,1,3-7H3/t20-,23+,24+/m0/s1. The molecule has 1 saturated heterocycles. The van der Waals surface area contributed by atoms with Crippen LogP contribution in [-0.2, 0) is 9.47 Å². The van der Waals surface area contributed by atoms with Crippen molar-refractivity contribution < 1.29 is 14.3 Å². The third kappa shape index (κ3) is 4.00. The summed E-state index contributed by atoms with van der Waals surface area (Å²) >= 11 is 0. The van der Waals surface area contributed by atoms with E-state index in [4.69, 9.17) is 9.47 Å². The highest BCUT2D eigenvalue weighted by atomic mass is 16.8. The molecule has 0 saturated carbocycles. The number of cyclic esters (lactones) is 2. The molecule has 3 atom stereocenters. The van der Waals surface area contributed by atoms with Gasteiger partial charge in [0.2, 0.25) is 0 Å². The molecule has 0 bridgehead atoms. The lowest BCUT2D eigenvalue weighted by atomic mass is 9.61. The number of ether oxygens (including phenoxy) is 2. The van der Waals surface area contributed by atoms with E-state index in [9.17, 15) is 4.79 Å². The zero-order valence-electron chi connectivity index (χ0n) is 17.8. The Morgan fingerprint density at radius 3 is 2.70 bits per heavy atom. The highest BCUT2D eigenvalue weighted by molar-refractivity contribution is 5.65. The van der Waals surface area contributed by atoms with E-state index in [0.717, 1.165) is 31.3 Å². The van der Waals surface area contributed by atoms with E-state index >= 15 is 0 Å². The molecule has 0 radical (unpaired) electrons. The minimum Gasteiger partial charge on any atom is -0.422 e. The fraction of sp³-hybridized carbons (Fsp3) is 0.625. The van der Waals surface area contributed by atoms with Crippen LogP contribution in [0.1, 0.15) is 73.6 Å². The van der Waals surface area contributed by atoms with Crippen molar-refractivity contribution in [2.24, 2.45) is 10.8 Å². The summed E-state index contributed by atoms with van der Waals surface area (Å²) in [7, 11) is 0. The molecule has 0 amide bonds. The number of carbonyl (C=O) groups excluding carboxylic acids is 1. The lowest BCUT2D eigenvalue weighted by Crippen LogP contribution is -2.54. The van der Waals surface area contributed by atoms with Crippen LogP contribution in [0.4, 0.5) is 4.79 Å². The predicted molar refractivity (Wildman–Crippen MR) is 110 cm³/mol. The van der Waals surface area contributed by atoms with Gasteiger partial charge in [0, 0.05) is 6.42 Å².